The summed E-state index contributed by atoms with van der Waals surface area (Å²) < 4.78 is 0. The topological polar surface area (TPSA) is 3.24 Å². The molecule has 0 fully saturated rings. The molecule has 0 N–H and O–H groups in total. The van der Waals surface area contributed by atoms with Crippen molar-refractivity contribution in [2.75, 3.05) is 13.6 Å². The van der Waals surface area contributed by atoms with E-state index in [9.17, 15) is 0 Å². The van der Waals surface area contributed by atoms with Crippen LogP contribution in [0.4, 0.5) is 0 Å². The van der Waals surface area contributed by atoms with E-state index in [4.69, 9.17) is 0 Å². The normalized spacial score (nSPS) is 20.2. The number of fused-ring (bicyclic) bond motifs is 2. The third kappa shape index (κ3) is 1.91. The summed E-state index contributed by atoms with van der Waals surface area (Å²) in [6.45, 7) is 1.18. The Morgan fingerprint density at radius 3 is 2.58 bits per heavy atom. The molecule has 0 saturated carbocycles. The fourth-order valence-corrected chi connectivity index (χ4v) is 3.56. The summed E-state index contributed by atoms with van der Waals surface area (Å²) >= 11 is 0. The van der Waals surface area contributed by atoms with Crippen LogP contribution in [0.3, 0.4) is 0 Å². The van der Waals surface area contributed by atoms with Crippen LogP contribution in [0.2, 0.25) is 0 Å². The van der Waals surface area contributed by atoms with Crippen molar-refractivity contribution in [3.05, 3.63) is 59.2 Å². The van der Waals surface area contributed by atoms with Gasteiger partial charge in [-0.3, -0.25) is 4.90 Å². The molecule has 1 heterocycles. The van der Waals surface area contributed by atoms with Gasteiger partial charge in [0.1, 0.15) is 0 Å². The van der Waals surface area contributed by atoms with Crippen molar-refractivity contribution in [3.63, 3.8) is 0 Å². The maximum absolute atomic E-state index is 2.52. The largest absolute Gasteiger partial charge is 0.299 e. The molecule has 100 valence electrons. The van der Waals surface area contributed by atoms with Crippen molar-refractivity contribution in [2.24, 2.45) is 0 Å². The molecule has 2 aromatic rings. The Bertz CT molecular complexity index is 620. The summed E-state index contributed by atoms with van der Waals surface area (Å²) in [5.74, 6) is 0. The van der Waals surface area contributed by atoms with Crippen LogP contribution in [0.1, 0.15) is 22.7 Å². The molecule has 0 aromatic heterocycles. The minimum absolute atomic E-state index is 0. The molecule has 2 aromatic carbocycles. The van der Waals surface area contributed by atoms with Crippen LogP contribution in [0.15, 0.2) is 42.5 Å². The second kappa shape index (κ2) is 4.89. The van der Waals surface area contributed by atoms with E-state index in [1.165, 1.54) is 29.7 Å². The molecule has 4 rings (SSSR count). The first-order valence-corrected chi connectivity index (χ1v) is 6.75. The van der Waals surface area contributed by atoms with Crippen LogP contribution in [0, 0.1) is 0 Å². The van der Waals surface area contributed by atoms with Gasteiger partial charge in [0.2, 0.25) is 0 Å². The summed E-state index contributed by atoms with van der Waals surface area (Å²) in [5, 5.41) is 0. The van der Waals surface area contributed by atoms with Gasteiger partial charge in [-0.25, -0.2) is 0 Å². The molecule has 0 bridgehead atoms. The van der Waals surface area contributed by atoms with Gasteiger partial charge >= 0.3 is 0 Å². The number of hydrogen-bond donors (Lipinski definition) is 0. The Morgan fingerprint density at radius 1 is 0.947 bits per heavy atom. The number of rotatable bonds is 0. The van der Waals surface area contributed by atoms with Gasteiger partial charge in [-0.15, -0.1) is 0 Å². The molecule has 0 amide bonds. The van der Waals surface area contributed by atoms with E-state index in [1.54, 1.807) is 11.1 Å². The van der Waals surface area contributed by atoms with Crippen LogP contribution in [-0.2, 0) is 33.9 Å². The number of benzene rings is 2. The molecule has 2 heteroatoms. The van der Waals surface area contributed by atoms with Gasteiger partial charge < -0.3 is 0 Å². The van der Waals surface area contributed by atoms with E-state index < -0.39 is 0 Å². The standard InChI is InChI=1S/C17H17N.Pt/c1-18-10-9-12-6-4-8-15-14-7-3-2-5-13(14)11-16(18)17(12)15;/h2-8,16H,9-11H2,1H3;. The van der Waals surface area contributed by atoms with Crippen molar-refractivity contribution in [1.29, 1.82) is 0 Å². The summed E-state index contributed by atoms with van der Waals surface area (Å²) in [6.07, 6.45) is 2.36. The fraction of sp³-hybridized carbons (Fsp3) is 0.294. The van der Waals surface area contributed by atoms with Crippen molar-refractivity contribution < 1.29 is 21.1 Å². The zero-order chi connectivity index (χ0) is 12.1. The Kier molecular flexibility index (Phi) is 3.37. The van der Waals surface area contributed by atoms with Crippen molar-refractivity contribution >= 4 is 0 Å². The minimum atomic E-state index is 0. The maximum atomic E-state index is 2.52. The molecule has 1 unspecified atom stereocenters. The van der Waals surface area contributed by atoms with Crippen LogP contribution in [0.25, 0.3) is 11.1 Å². The SMILES string of the molecule is CN1CCc2cccc3c2C1Cc1ccccc1-3.[Pt]. The van der Waals surface area contributed by atoms with Gasteiger partial charge in [0.15, 0.2) is 0 Å². The Morgan fingerprint density at radius 2 is 1.68 bits per heavy atom. The smallest absolute Gasteiger partial charge is 0.0394 e. The van der Waals surface area contributed by atoms with Gasteiger partial charge in [-0.1, -0.05) is 42.5 Å². The first-order chi connectivity index (χ1) is 8.84. The predicted molar refractivity (Wildman–Crippen MR) is 74.7 cm³/mol. The summed E-state index contributed by atoms with van der Waals surface area (Å²) in [6, 6.07) is 16.3. The Balaban J connectivity index is 0.00000110. The van der Waals surface area contributed by atoms with E-state index >= 15 is 0 Å². The molecule has 1 atom stereocenters. The average molecular weight is 430 g/mol. The molecule has 1 aliphatic heterocycles. The third-order valence-electron chi connectivity index (χ3n) is 4.52. The quantitative estimate of drug-likeness (QED) is 0.619. The summed E-state index contributed by atoms with van der Waals surface area (Å²) in [4.78, 5) is 2.52. The first kappa shape index (κ1) is 13.1. The molecule has 1 nitrogen and oxygen atoms in total. The van der Waals surface area contributed by atoms with Gasteiger partial charge in [0.25, 0.3) is 0 Å². The van der Waals surface area contributed by atoms with Gasteiger partial charge in [0, 0.05) is 33.7 Å². The Hall–Kier alpha value is -0.912. The zero-order valence-corrected chi connectivity index (χ0v) is 13.3. The van der Waals surface area contributed by atoms with Crippen LogP contribution < -0.4 is 0 Å². The van der Waals surface area contributed by atoms with E-state index in [0.717, 1.165) is 6.42 Å². The molecular formula is C17H17NPt. The van der Waals surface area contributed by atoms with Gasteiger partial charge in [0.05, 0.1) is 0 Å². The molecule has 19 heavy (non-hydrogen) atoms. The third-order valence-corrected chi connectivity index (χ3v) is 4.52. The van der Waals surface area contributed by atoms with Gasteiger partial charge in [-0.05, 0) is 47.7 Å². The predicted octanol–water partition coefficient (Wildman–Crippen LogP) is 3.44. The van der Waals surface area contributed by atoms with Crippen molar-refractivity contribution in [3.8, 4) is 11.1 Å². The van der Waals surface area contributed by atoms with Crippen LogP contribution in [0.5, 0.6) is 0 Å². The first-order valence-electron chi connectivity index (χ1n) is 6.75. The van der Waals surface area contributed by atoms with Crippen molar-refractivity contribution in [1.82, 2.24) is 4.90 Å². The van der Waals surface area contributed by atoms with E-state index in [0.29, 0.717) is 6.04 Å². The molecular weight excluding hydrogens is 413 g/mol. The van der Waals surface area contributed by atoms with E-state index in [1.807, 2.05) is 0 Å². The number of hydrogen-bond acceptors (Lipinski definition) is 1. The maximum Gasteiger partial charge on any atom is 0.0394 e. The second-order valence-corrected chi connectivity index (χ2v) is 5.49. The number of likely N-dealkylation sites (N-methyl/N-ethyl adjacent to an activating group) is 1. The van der Waals surface area contributed by atoms with E-state index in [2.05, 4.69) is 54.4 Å². The monoisotopic (exact) mass is 430 g/mol. The molecule has 0 radical (unpaired) electrons. The van der Waals surface area contributed by atoms with Crippen LogP contribution in [-0.4, -0.2) is 18.5 Å². The van der Waals surface area contributed by atoms with Gasteiger partial charge in [-0.2, -0.15) is 0 Å². The van der Waals surface area contributed by atoms with Crippen LogP contribution >= 0.6 is 0 Å². The summed E-state index contributed by atoms with van der Waals surface area (Å²) in [5.41, 5.74) is 7.56. The molecule has 1 aliphatic carbocycles. The fourth-order valence-electron chi connectivity index (χ4n) is 3.56. The molecule has 0 saturated heterocycles. The van der Waals surface area contributed by atoms with E-state index in [-0.39, 0.29) is 21.1 Å². The molecule has 0 spiro atoms. The second-order valence-electron chi connectivity index (χ2n) is 5.49. The minimum Gasteiger partial charge on any atom is -0.299 e. The number of nitrogens with zero attached hydrogens (tertiary/aromatic N) is 1. The zero-order valence-electron chi connectivity index (χ0n) is 11.0. The Labute approximate surface area is 128 Å². The molecule has 2 aliphatic rings. The van der Waals surface area contributed by atoms with Crippen molar-refractivity contribution in [2.45, 2.75) is 18.9 Å². The average Bonchev–Trinajstić information content (AvgIpc) is 2.43. The summed E-state index contributed by atoms with van der Waals surface area (Å²) in [7, 11) is 2.26.